The molecule has 0 aliphatic heterocycles. The first-order valence-corrected chi connectivity index (χ1v) is 8.93. The van der Waals surface area contributed by atoms with Gasteiger partial charge in [-0.15, -0.1) is 0 Å². The molecule has 0 aliphatic rings. The van der Waals surface area contributed by atoms with Gasteiger partial charge in [0.05, 0.1) is 22.4 Å². The third-order valence-electron chi connectivity index (χ3n) is 4.62. The lowest BCUT2D eigenvalue weighted by atomic mass is 9.76. The summed E-state index contributed by atoms with van der Waals surface area (Å²) in [5, 5.41) is 25.8. The highest BCUT2D eigenvalue weighted by Gasteiger charge is 2.39. The van der Waals surface area contributed by atoms with E-state index >= 15 is 0 Å². The van der Waals surface area contributed by atoms with Crippen molar-refractivity contribution in [1.82, 2.24) is 9.78 Å². The summed E-state index contributed by atoms with van der Waals surface area (Å²) < 4.78 is 12.3. The molecule has 0 unspecified atom stereocenters. The van der Waals surface area contributed by atoms with Crippen LogP contribution in [-0.4, -0.2) is 49.9 Å². The molecule has 0 aliphatic carbocycles. The summed E-state index contributed by atoms with van der Waals surface area (Å²) in [5.74, 6) is 0. The van der Waals surface area contributed by atoms with Gasteiger partial charge in [0, 0.05) is 5.39 Å². The maximum absolute atomic E-state index is 12.5. The van der Waals surface area contributed by atoms with Crippen molar-refractivity contribution in [3.8, 4) is 0 Å². The van der Waals surface area contributed by atoms with Gasteiger partial charge in [-0.25, -0.2) is 4.79 Å². The molecular weight excluding hydrogens is 347 g/mol. The second-order valence-electron chi connectivity index (χ2n) is 8.79. The molecule has 2 aromatic rings. The number of nitrogens with zero attached hydrogens (tertiary/aromatic N) is 2. The Morgan fingerprint density at radius 1 is 1.15 bits per heavy atom. The summed E-state index contributed by atoms with van der Waals surface area (Å²) >= 11 is 0. The van der Waals surface area contributed by atoms with Gasteiger partial charge in [0.2, 0.25) is 0 Å². The number of benzene rings is 1. The van der Waals surface area contributed by atoms with Gasteiger partial charge in [0.15, 0.2) is 0 Å². The van der Waals surface area contributed by atoms with Crippen LogP contribution in [0.2, 0.25) is 0 Å². The van der Waals surface area contributed by atoms with Crippen LogP contribution in [-0.2, 0) is 9.39 Å². The van der Waals surface area contributed by atoms with Crippen LogP contribution in [0.25, 0.3) is 10.9 Å². The third kappa shape index (κ3) is 4.69. The summed E-state index contributed by atoms with van der Waals surface area (Å²) in [4.78, 5) is 12.5. The minimum Gasteiger partial charge on any atom is -0.442 e. The topological polar surface area (TPSA) is 93.8 Å². The van der Waals surface area contributed by atoms with Crippen LogP contribution in [0.3, 0.4) is 0 Å². The molecule has 0 spiro atoms. The zero-order valence-electron chi connectivity index (χ0n) is 17.3. The average molecular weight is 376 g/mol. The van der Waals surface area contributed by atoms with Gasteiger partial charge in [-0.3, -0.25) is 0 Å². The summed E-state index contributed by atoms with van der Waals surface area (Å²) in [6.07, 6.45) is -0.593. The lowest BCUT2D eigenvalue weighted by molar-refractivity contribution is -0.0982. The largest absolute Gasteiger partial charge is 0.491 e. The van der Waals surface area contributed by atoms with E-state index < -0.39 is 30.0 Å². The number of rotatable bonds is 4. The maximum Gasteiger partial charge on any atom is 0.491 e. The van der Waals surface area contributed by atoms with Crippen LogP contribution < -0.4 is 5.46 Å². The Balaban J connectivity index is 2.41. The van der Waals surface area contributed by atoms with E-state index in [0.29, 0.717) is 16.7 Å². The number of aryl methyl sites for hydroxylation is 1. The van der Waals surface area contributed by atoms with Crippen LogP contribution in [0, 0.1) is 6.92 Å². The fourth-order valence-electron chi connectivity index (χ4n) is 2.38. The molecule has 148 valence electrons. The second kappa shape index (κ2) is 6.93. The van der Waals surface area contributed by atoms with Crippen LogP contribution in [0.4, 0.5) is 4.79 Å². The van der Waals surface area contributed by atoms with E-state index in [1.807, 2.05) is 0 Å². The Hall–Kier alpha value is -1.90. The van der Waals surface area contributed by atoms with Crippen molar-refractivity contribution in [2.75, 3.05) is 0 Å². The molecule has 27 heavy (non-hydrogen) atoms. The van der Waals surface area contributed by atoms with Gasteiger partial charge >= 0.3 is 13.2 Å². The lowest BCUT2D eigenvalue weighted by Crippen LogP contribution is -2.53. The van der Waals surface area contributed by atoms with Gasteiger partial charge in [-0.05, 0) is 66.9 Å². The van der Waals surface area contributed by atoms with Crippen molar-refractivity contribution in [1.29, 1.82) is 0 Å². The lowest BCUT2D eigenvalue weighted by Gasteiger charge is -2.38. The molecule has 1 heterocycles. The van der Waals surface area contributed by atoms with Gasteiger partial charge in [0.1, 0.15) is 5.60 Å². The van der Waals surface area contributed by atoms with Crippen molar-refractivity contribution >= 4 is 29.6 Å². The van der Waals surface area contributed by atoms with Crippen LogP contribution in [0.15, 0.2) is 18.2 Å². The molecule has 0 saturated carbocycles. The Bertz CT molecular complexity index is 846. The number of hydrogen-bond donors (Lipinski definition) is 2. The quantitative estimate of drug-likeness (QED) is 0.796. The molecule has 0 amide bonds. The molecule has 1 aromatic carbocycles. The molecule has 7 nitrogen and oxygen atoms in total. The Kier molecular flexibility index (Phi) is 5.49. The smallest absolute Gasteiger partial charge is 0.442 e. The highest BCUT2D eigenvalue weighted by Crippen LogP contribution is 2.26. The fourth-order valence-corrected chi connectivity index (χ4v) is 2.38. The van der Waals surface area contributed by atoms with E-state index in [2.05, 4.69) is 5.10 Å². The van der Waals surface area contributed by atoms with Crippen molar-refractivity contribution < 1.29 is 24.3 Å². The summed E-state index contributed by atoms with van der Waals surface area (Å²) in [7, 11) is -1.28. The molecule has 0 fully saturated rings. The highest BCUT2D eigenvalue weighted by atomic mass is 16.6. The molecule has 0 saturated heterocycles. The van der Waals surface area contributed by atoms with E-state index in [-0.39, 0.29) is 0 Å². The first-order valence-electron chi connectivity index (χ1n) is 8.93. The van der Waals surface area contributed by atoms with E-state index in [0.717, 1.165) is 5.39 Å². The number of hydrogen-bond acceptors (Lipinski definition) is 6. The van der Waals surface area contributed by atoms with E-state index in [1.54, 1.807) is 73.6 Å². The maximum atomic E-state index is 12.5. The zero-order chi connectivity index (χ0) is 20.8. The standard InChI is InChI=1S/C19H29BN2O5/c1-12-14-10-9-13(20(25)27-19(7,8)18(5,6)24)11-15(14)22(21-12)16(23)26-17(2,3)4/h9-11,24-25H,1-8H3. The zero-order valence-corrected chi connectivity index (χ0v) is 17.3. The summed E-state index contributed by atoms with van der Waals surface area (Å²) in [5.41, 5.74) is -1.17. The number of aromatic nitrogens is 2. The monoisotopic (exact) mass is 376 g/mol. The normalized spacial score (nSPS) is 13.1. The average Bonchev–Trinajstić information content (AvgIpc) is 2.80. The molecule has 8 heteroatoms. The SMILES string of the molecule is Cc1nn(C(=O)OC(C)(C)C)c2cc(B(O)OC(C)(C)C(C)(C)O)ccc12. The van der Waals surface area contributed by atoms with Crippen LogP contribution in [0.5, 0.6) is 0 Å². The molecule has 0 radical (unpaired) electrons. The summed E-state index contributed by atoms with van der Waals surface area (Å²) in [6, 6.07) is 5.13. The number of aliphatic hydroxyl groups is 1. The number of carbonyl (C=O) groups is 1. The number of ether oxygens (including phenoxy) is 1. The fraction of sp³-hybridized carbons (Fsp3) is 0.579. The van der Waals surface area contributed by atoms with E-state index in [9.17, 15) is 14.9 Å². The number of carbonyl (C=O) groups excluding carboxylic acids is 1. The molecule has 1 aromatic heterocycles. The molecule has 0 bridgehead atoms. The Morgan fingerprint density at radius 3 is 2.26 bits per heavy atom. The predicted molar refractivity (Wildman–Crippen MR) is 105 cm³/mol. The molecular formula is C19H29BN2O5. The van der Waals surface area contributed by atoms with Gasteiger partial charge in [-0.2, -0.15) is 9.78 Å². The number of fused-ring (bicyclic) bond motifs is 1. The minimum absolute atomic E-state index is 0.449. The van der Waals surface area contributed by atoms with E-state index in [1.165, 1.54) is 4.68 Å². The molecule has 2 N–H and O–H groups in total. The van der Waals surface area contributed by atoms with Crippen LogP contribution in [0.1, 0.15) is 54.2 Å². The van der Waals surface area contributed by atoms with Gasteiger partial charge in [0.25, 0.3) is 0 Å². The molecule has 2 rings (SSSR count). The Morgan fingerprint density at radius 2 is 1.74 bits per heavy atom. The van der Waals surface area contributed by atoms with Crippen molar-refractivity contribution in [2.24, 2.45) is 0 Å². The van der Waals surface area contributed by atoms with Gasteiger partial charge in [-0.1, -0.05) is 12.1 Å². The van der Waals surface area contributed by atoms with Crippen LogP contribution >= 0.6 is 0 Å². The highest BCUT2D eigenvalue weighted by molar-refractivity contribution is 6.60. The predicted octanol–water partition coefficient (Wildman–Crippen LogP) is 2.38. The van der Waals surface area contributed by atoms with Crippen molar-refractivity contribution in [2.45, 2.75) is 72.2 Å². The second-order valence-corrected chi connectivity index (χ2v) is 8.79. The molecule has 0 atom stereocenters. The van der Waals surface area contributed by atoms with E-state index in [4.69, 9.17) is 9.39 Å². The van der Waals surface area contributed by atoms with Crippen molar-refractivity contribution in [3.63, 3.8) is 0 Å². The summed E-state index contributed by atoms with van der Waals surface area (Å²) in [6.45, 7) is 13.8. The third-order valence-corrected chi connectivity index (χ3v) is 4.62. The Labute approximate surface area is 160 Å². The van der Waals surface area contributed by atoms with Gasteiger partial charge < -0.3 is 19.5 Å². The first-order chi connectivity index (χ1) is 12.1. The first kappa shape index (κ1) is 21.4. The van der Waals surface area contributed by atoms with Crippen molar-refractivity contribution in [3.05, 3.63) is 23.9 Å². The minimum atomic E-state index is -1.28.